The molecule has 0 aliphatic carbocycles. The molecule has 1 aliphatic rings. The first-order valence-corrected chi connectivity index (χ1v) is 10.1. The standard InChI is InChI=1S/C23H25N5O3/c1-15-12-17-10-6-7-11-18(17)27(15)14-19(29)26(2)20-21(24)28(23(31)25-22(20)30)13-16-8-4-3-5-9-16/h3-11,15H,12-14,24H2,1-2H3,(H,25,30,31)/t15-/m1/s1. The average molecular weight is 419 g/mol. The van der Waals surface area contributed by atoms with Crippen LogP contribution in [0.2, 0.25) is 0 Å². The van der Waals surface area contributed by atoms with Crippen LogP contribution in [0.25, 0.3) is 0 Å². The van der Waals surface area contributed by atoms with Crippen molar-refractivity contribution in [2.24, 2.45) is 0 Å². The number of hydrogen-bond donors (Lipinski definition) is 2. The summed E-state index contributed by atoms with van der Waals surface area (Å²) >= 11 is 0. The third-order valence-electron chi connectivity index (χ3n) is 5.76. The Morgan fingerprint density at radius 1 is 1.13 bits per heavy atom. The number of fused-ring (bicyclic) bond motifs is 1. The number of para-hydroxylation sites is 1. The molecule has 8 nitrogen and oxygen atoms in total. The highest BCUT2D eigenvalue weighted by Crippen LogP contribution is 2.31. The minimum absolute atomic E-state index is 0.0272. The summed E-state index contributed by atoms with van der Waals surface area (Å²) in [7, 11) is 1.51. The van der Waals surface area contributed by atoms with Crippen LogP contribution in [0.3, 0.4) is 0 Å². The topological polar surface area (TPSA) is 104 Å². The lowest BCUT2D eigenvalue weighted by atomic mass is 10.1. The summed E-state index contributed by atoms with van der Waals surface area (Å²) in [6.45, 7) is 2.35. The van der Waals surface area contributed by atoms with Crippen molar-refractivity contribution >= 4 is 23.1 Å². The minimum atomic E-state index is -0.683. The summed E-state index contributed by atoms with van der Waals surface area (Å²) in [5.41, 5.74) is 7.96. The van der Waals surface area contributed by atoms with Crippen LogP contribution in [-0.2, 0) is 17.8 Å². The Morgan fingerprint density at radius 3 is 2.55 bits per heavy atom. The van der Waals surface area contributed by atoms with Crippen molar-refractivity contribution in [3.05, 3.63) is 86.6 Å². The summed E-state index contributed by atoms with van der Waals surface area (Å²) in [6, 6.07) is 17.4. The van der Waals surface area contributed by atoms with Crippen molar-refractivity contribution in [3.8, 4) is 0 Å². The van der Waals surface area contributed by atoms with E-state index in [9.17, 15) is 14.4 Å². The fourth-order valence-corrected chi connectivity index (χ4v) is 4.07. The molecule has 2 aromatic carbocycles. The smallest absolute Gasteiger partial charge is 0.330 e. The first-order valence-electron chi connectivity index (χ1n) is 10.1. The fourth-order valence-electron chi connectivity index (χ4n) is 4.07. The summed E-state index contributed by atoms with van der Waals surface area (Å²) < 4.78 is 1.27. The number of nitrogen functional groups attached to an aromatic ring is 1. The summed E-state index contributed by atoms with van der Waals surface area (Å²) in [5, 5.41) is 0. The molecule has 3 N–H and O–H groups in total. The number of likely N-dealkylation sites (N-methyl/N-ethyl adjacent to an activating group) is 1. The second-order valence-electron chi connectivity index (χ2n) is 7.83. The maximum atomic E-state index is 13.1. The van der Waals surface area contributed by atoms with Gasteiger partial charge in [-0.1, -0.05) is 48.5 Å². The van der Waals surface area contributed by atoms with E-state index in [1.54, 1.807) is 0 Å². The molecule has 4 rings (SSSR count). The Kier molecular flexibility index (Phi) is 5.37. The van der Waals surface area contributed by atoms with Gasteiger partial charge in [-0.25, -0.2) is 4.79 Å². The zero-order chi connectivity index (χ0) is 22.1. The van der Waals surface area contributed by atoms with Crippen molar-refractivity contribution < 1.29 is 4.79 Å². The zero-order valence-electron chi connectivity index (χ0n) is 17.5. The van der Waals surface area contributed by atoms with Crippen LogP contribution in [0.1, 0.15) is 18.1 Å². The van der Waals surface area contributed by atoms with E-state index in [2.05, 4.69) is 18.0 Å². The van der Waals surface area contributed by atoms with Crippen molar-refractivity contribution in [2.45, 2.75) is 25.9 Å². The van der Waals surface area contributed by atoms with Gasteiger partial charge in [-0.3, -0.25) is 19.1 Å². The third kappa shape index (κ3) is 3.84. The summed E-state index contributed by atoms with van der Waals surface area (Å²) in [5.74, 6) is -0.325. The van der Waals surface area contributed by atoms with E-state index in [4.69, 9.17) is 5.73 Å². The first-order chi connectivity index (χ1) is 14.9. The largest absolute Gasteiger partial charge is 0.383 e. The highest BCUT2D eigenvalue weighted by atomic mass is 16.2. The van der Waals surface area contributed by atoms with Gasteiger partial charge < -0.3 is 15.5 Å². The minimum Gasteiger partial charge on any atom is -0.383 e. The van der Waals surface area contributed by atoms with Gasteiger partial charge in [0.1, 0.15) is 5.82 Å². The van der Waals surface area contributed by atoms with Crippen LogP contribution in [0.15, 0.2) is 64.2 Å². The predicted octanol–water partition coefficient (Wildman–Crippen LogP) is 1.58. The number of nitrogens with one attached hydrogen (secondary N) is 1. The number of carbonyl (C=O) groups is 1. The number of rotatable bonds is 5. The second-order valence-corrected chi connectivity index (χ2v) is 7.83. The molecule has 0 radical (unpaired) electrons. The highest BCUT2D eigenvalue weighted by Gasteiger charge is 2.29. The first kappa shape index (κ1) is 20.5. The van der Waals surface area contributed by atoms with Crippen LogP contribution in [0.5, 0.6) is 0 Å². The van der Waals surface area contributed by atoms with Crippen molar-refractivity contribution in [1.29, 1.82) is 0 Å². The van der Waals surface area contributed by atoms with E-state index in [1.165, 1.54) is 22.1 Å². The molecule has 0 fully saturated rings. The van der Waals surface area contributed by atoms with Gasteiger partial charge in [-0.2, -0.15) is 0 Å². The number of benzene rings is 2. The molecule has 0 saturated carbocycles. The van der Waals surface area contributed by atoms with E-state index < -0.39 is 11.2 Å². The van der Waals surface area contributed by atoms with Crippen LogP contribution < -0.4 is 26.8 Å². The molecule has 3 aromatic rings. The molecule has 1 aromatic heterocycles. The Hall–Kier alpha value is -3.81. The van der Waals surface area contributed by atoms with Crippen LogP contribution in [0.4, 0.5) is 17.2 Å². The van der Waals surface area contributed by atoms with E-state index >= 15 is 0 Å². The highest BCUT2D eigenvalue weighted by molar-refractivity contribution is 5.98. The van der Waals surface area contributed by atoms with E-state index in [0.29, 0.717) is 0 Å². The third-order valence-corrected chi connectivity index (χ3v) is 5.76. The predicted molar refractivity (Wildman–Crippen MR) is 122 cm³/mol. The molecule has 1 aliphatic heterocycles. The molecule has 31 heavy (non-hydrogen) atoms. The van der Waals surface area contributed by atoms with Crippen molar-refractivity contribution in [2.75, 3.05) is 29.1 Å². The van der Waals surface area contributed by atoms with E-state index in [1.807, 2.05) is 53.4 Å². The number of carbonyl (C=O) groups excluding carboxylic acids is 1. The number of aromatic nitrogens is 2. The number of aromatic amines is 1. The average Bonchev–Trinajstić information content (AvgIpc) is 3.06. The van der Waals surface area contributed by atoms with Gasteiger partial charge in [0, 0.05) is 18.8 Å². The SMILES string of the molecule is C[C@@H]1Cc2ccccc2N1CC(=O)N(C)c1c(N)n(Cc2ccccc2)c(=O)[nH]c1=O. The van der Waals surface area contributed by atoms with E-state index in [-0.39, 0.29) is 36.5 Å². The van der Waals surface area contributed by atoms with Gasteiger partial charge in [-0.15, -0.1) is 0 Å². The number of H-pyrrole nitrogens is 1. The van der Waals surface area contributed by atoms with Crippen LogP contribution in [0, 0.1) is 0 Å². The maximum Gasteiger partial charge on any atom is 0.330 e. The summed E-state index contributed by atoms with van der Waals surface area (Å²) in [6.07, 6.45) is 0.859. The Bertz CT molecular complexity index is 1230. The van der Waals surface area contributed by atoms with Crippen LogP contribution in [-0.4, -0.2) is 35.1 Å². The number of anilines is 3. The number of nitrogens with two attached hydrogens (primary N) is 1. The van der Waals surface area contributed by atoms with Gasteiger partial charge in [0.2, 0.25) is 5.91 Å². The molecular formula is C23H25N5O3. The lowest BCUT2D eigenvalue weighted by molar-refractivity contribution is -0.117. The van der Waals surface area contributed by atoms with E-state index in [0.717, 1.165) is 17.7 Å². The van der Waals surface area contributed by atoms with Gasteiger partial charge in [0.25, 0.3) is 5.56 Å². The summed E-state index contributed by atoms with van der Waals surface area (Å²) in [4.78, 5) is 43.6. The lowest BCUT2D eigenvalue weighted by Gasteiger charge is -2.27. The Balaban J connectivity index is 1.63. The van der Waals surface area contributed by atoms with Gasteiger partial charge >= 0.3 is 5.69 Å². The van der Waals surface area contributed by atoms with Crippen LogP contribution >= 0.6 is 0 Å². The maximum absolute atomic E-state index is 13.1. The molecule has 8 heteroatoms. The normalized spacial score (nSPS) is 15.0. The second kappa shape index (κ2) is 8.14. The number of amides is 1. The molecular weight excluding hydrogens is 394 g/mol. The fraction of sp³-hybridized carbons (Fsp3) is 0.261. The quantitative estimate of drug-likeness (QED) is 0.653. The van der Waals surface area contributed by atoms with Crippen molar-refractivity contribution in [3.63, 3.8) is 0 Å². The van der Waals surface area contributed by atoms with Gasteiger partial charge in [0.15, 0.2) is 5.69 Å². The molecule has 1 atom stereocenters. The molecule has 0 saturated heterocycles. The number of hydrogen-bond acceptors (Lipinski definition) is 5. The number of nitrogens with zero attached hydrogens (tertiary/aromatic N) is 3. The molecule has 2 heterocycles. The van der Waals surface area contributed by atoms with Gasteiger partial charge in [0.05, 0.1) is 13.1 Å². The molecule has 160 valence electrons. The van der Waals surface area contributed by atoms with Gasteiger partial charge in [-0.05, 0) is 30.5 Å². The monoisotopic (exact) mass is 419 g/mol. The zero-order valence-corrected chi connectivity index (χ0v) is 17.5. The Labute approximate surface area is 179 Å². The molecule has 0 unspecified atom stereocenters. The lowest BCUT2D eigenvalue weighted by Crippen LogP contribution is -2.44. The molecule has 0 bridgehead atoms. The molecule has 0 spiro atoms. The van der Waals surface area contributed by atoms with Crippen molar-refractivity contribution in [1.82, 2.24) is 9.55 Å². The Morgan fingerprint density at radius 2 is 1.81 bits per heavy atom. The molecule has 1 amide bonds.